The molecule has 46 heavy (non-hydrogen) atoms. The van der Waals surface area contributed by atoms with Crippen LogP contribution in [0.1, 0.15) is 0 Å². The van der Waals surface area contributed by atoms with Gasteiger partial charge in [-0.2, -0.15) is 0 Å². The van der Waals surface area contributed by atoms with Gasteiger partial charge in [0.25, 0.3) is 0 Å². The molecule has 3 aromatic heterocycles. The van der Waals surface area contributed by atoms with Gasteiger partial charge in [-0.05, 0) is 58.3 Å². The second kappa shape index (κ2) is 9.62. The van der Waals surface area contributed by atoms with E-state index in [1.165, 1.54) is 32.7 Å². The molecule has 214 valence electrons. The summed E-state index contributed by atoms with van der Waals surface area (Å²) in [4.78, 5) is 0. The highest BCUT2D eigenvalue weighted by Gasteiger charge is 2.21. The number of rotatable bonds is 3. The minimum Gasteiger partial charge on any atom is -0.455 e. The number of hydrogen-bond acceptors (Lipinski definition) is 3. The van der Waals surface area contributed by atoms with Crippen molar-refractivity contribution in [3.8, 4) is 28.2 Å². The van der Waals surface area contributed by atoms with Gasteiger partial charge in [-0.15, -0.1) is 10.2 Å². The molecule has 0 saturated carbocycles. The van der Waals surface area contributed by atoms with Crippen LogP contribution in [-0.2, 0) is 0 Å². The van der Waals surface area contributed by atoms with Gasteiger partial charge >= 0.3 is 0 Å². The zero-order valence-corrected chi connectivity index (χ0v) is 24.7. The van der Waals surface area contributed by atoms with Crippen molar-refractivity contribution < 1.29 is 4.42 Å². The molecule has 4 heteroatoms. The lowest BCUT2D eigenvalue weighted by molar-refractivity contribution is 0.669. The SMILES string of the molecule is c1ccc(-c2ccc3c(c2)c2cc4ccccc4cc2n3-c2nnc(-c3cccc4c3oc3ccccc34)c3ccccc23)cc1. The minimum atomic E-state index is 0.805. The van der Waals surface area contributed by atoms with E-state index in [-0.39, 0.29) is 0 Å². The van der Waals surface area contributed by atoms with Crippen molar-refractivity contribution in [1.29, 1.82) is 0 Å². The van der Waals surface area contributed by atoms with Crippen molar-refractivity contribution in [2.75, 3.05) is 0 Å². The first-order valence-electron chi connectivity index (χ1n) is 15.5. The third kappa shape index (κ3) is 3.61. The normalized spacial score (nSPS) is 11.9. The molecule has 4 nitrogen and oxygen atoms in total. The molecule has 10 rings (SSSR count). The first-order chi connectivity index (χ1) is 22.8. The number of benzene rings is 7. The first kappa shape index (κ1) is 25.1. The molecular weight excluding hydrogens is 562 g/mol. The van der Waals surface area contributed by atoms with Crippen molar-refractivity contribution in [3.63, 3.8) is 0 Å². The zero-order chi connectivity index (χ0) is 30.2. The van der Waals surface area contributed by atoms with E-state index in [0.29, 0.717) is 0 Å². The fourth-order valence-corrected chi connectivity index (χ4v) is 7.13. The molecule has 0 aliphatic rings. The van der Waals surface area contributed by atoms with E-state index in [1.54, 1.807) is 0 Å². The van der Waals surface area contributed by atoms with Crippen LogP contribution < -0.4 is 0 Å². The maximum absolute atomic E-state index is 6.42. The molecule has 0 N–H and O–H groups in total. The quantitative estimate of drug-likeness (QED) is 0.207. The van der Waals surface area contributed by atoms with E-state index >= 15 is 0 Å². The predicted octanol–water partition coefficient (Wildman–Crippen LogP) is 11.1. The first-order valence-corrected chi connectivity index (χ1v) is 15.5. The van der Waals surface area contributed by atoms with E-state index in [2.05, 4.69) is 138 Å². The summed E-state index contributed by atoms with van der Waals surface area (Å²) in [6.07, 6.45) is 0. The second-order valence-corrected chi connectivity index (χ2v) is 11.8. The highest BCUT2D eigenvalue weighted by atomic mass is 16.3. The van der Waals surface area contributed by atoms with E-state index in [0.717, 1.165) is 60.8 Å². The van der Waals surface area contributed by atoms with Crippen LogP contribution in [0.2, 0.25) is 0 Å². The lowest BCUT2D eigenvalue weighted by atomic mass is 10.0. The van der Waals surface area contributed by atoms with Crippen LogP contribution >= 0.6 is 0 Å². The maximum atomic E-state index is 6.42. The molecule has 0 atom stereocenters. The van der Waals surface area contributed by atoms with Gasteiger partial charge in [-0.25, -0.2) is 0 Å². The number of aromatic nitrogens is 3. The van der Waals surface area contributed by atoms with Gasteiger partial charge in [0.1, 0.15) is 16.9 Å². The summed E-state index contributed by atoms with van der Waals surface area (Å²) < 4.78 is 8.70. The van der Waals surface area contributed by atoms with Crippen LogP contribution in [0.4, 0.5) is 0 Å². The van der Waals surface area contributed by atoms with E-state index < -0.39 is 0 Å². The van der Waals surface area contributed by atoms with Crippen molar-refractivity contribution in [1.82, 2.24) is 14.8 Å². The average Bonchev–Trinajstić information content (AvgIpc) is 3.66. The average molecular weight is 588 g/mol. The minimum absolute atomic E-state index is 0.805. The zero-order valence-electron chi connectivity index (χ0n) is 24.7. The summed E-state index contributed by atoms with van der Waals surface area (Å²) >= 11 is 0. The van der Waals surface area contributed by atoms with Gasteiger partial charge in [0, 0.05) is 37.9 Å². The van der Waals surface area contributed by atoms with Gasteiger partial charge in [0.15, 0.2) is 5.82 Å². The third-order valence-electron chi connectivity index (χ3n) is 9.28. The Morgan fingerprint density at radius 2 is 1.13 bits per heavy atom. The monoisotopic (exact) mass is 587 g/mol. The topological polar surface area (TPSA) is 43.9 Å². The fourth-order valence-electron chi connectivity index (χ4n) is 7.13. The van der Waals surface area contributed by atoms with Crippen molar-refractivity contribution in [2.45, 2.75) is 0 Å². The Labute approximate surface area is 263 Å². The van der Waals surface area contributed by atoms with Crippen molar-refractivity contribution in [3.05, 3.63) is 152 Å². The van der Waals surface area contributed by atoms with Crippen molar-refractivity contribution in [2.24, 2.45) is 0 Å². The molecule has 0 saturated heterocycles. The molecule has 0 bridgehead atoms. The number of furan rings is 1. The van der Waals surface area contributed by atoms with Crippen LogP contribution in [-0.4, -0.2) is 14.8 Å². The standard InChI is InChI=1S/C42H25N3O/c1-2-11-26(12-3-1)29-21-22-37-35(24-29)36-23-27-13-4-5-14-28(27)25-38(36)45(37)42-33-17-7-6-16-31(33)40(43-44-42)34-19-10-18-32-30-15-8-9-20-39(30)46-41(32)34/h1-25H. The van der Waals surface area contributed by atoms with Crippen LogP contribution in [0, 0.1) is 0 Å². The summed E-state index contributed by atoms with van der Waals surface area (Å²) in [5.41, 5.74) is 8.01. The van der Waals surface area contributed by atoms with Gasteiger partial charge in [0.05, 0.1) is 11.0 Å². The molecule has 0 spiro atoms. The Morgan fingerprint density at radius 1 is 0.435 bits per heavy atom. The molecule has 0 aliphatic carbocycles. The second-order valence-electron chi connectivity index (χ2n) is 11.8. The third-order valence-corrected chi connectivity index (χ3v) is 9.28. The number of nitrogens with zero attached hydrogens (tertiary/aromatic N) is 3. The molecule has 0 aliphatic heterocycles. The molecule has 3 heterocycles. The van der Waals surface area contributed by atoms with E-state index in [4.69, 9.17) is 14.6 Å². The van der Waals surface area contributed by atoms with E-state index in [1.807, 2.05) is 18.2 Å². The predicted molar refractivity (Wildman–Crippen MR) is 190 cm³/mol. The van der Waals surface area contributed by atoms with E-state index in [9.17, 15) is 0 Å². The van der Waals surface area contributed by atoms with Gasteiger partial charge in [-0.3, -0.25) is 4.57 Å². The fraction of sp³-hybridized carbons (Fsp3) is 0. The van der Waals surface area contributed by atoms with Crippen molar-refractivity contribution >= 4 is 65.3 Å². The number of fused-ring (bicyclic) bond motifs is 8. The van der Waals surface area contributed by atoms with Crippen LogP contribution in [0.5, 0.6) is 0 Å². The van der Waals surface area contributed by atoms with Gasteiger partial charge in [-0.1, -0.05) is 115 Å². The summed E-state index contributed by atoms with van der Waals surface area (Å²) in [5, 5.41) is 19.0. The largest absolute Gasteiger partial charge is 0.455 e. The van der Waals surface area contributed by atoms with Crippen LogP contribution in [0.3, 0.4) is 0 Å². The Balaban J connectivity index is 1.28. The summed E-state index contributed by atoms with van der Waals surface area (Å²) in [5.74, 6) is 0.805. The van der Waals surface area contributed by atoms with Gasteiger partial charge < -0.3 is 4.42 Å². The highest BCUT2D eigenvalue weighted by molar-refractivity contribution is 6.16. The summed E-state index contributed by atoms with van der Waals surface area (Å²) in [7, 11) is 0. The molecule has 0 fully saturated rings. The summed E-state index contributed by atoms with van der Waals surface area (Å²) in [6.45, 7) is 0. The number of para-hydroxylation sites is 2. The Kier molecular flexibility index (Phi) is 5.25. The molecule has 0 amide bonds. The molecule has 10 aromatic rings. The Hall–Kier alpha value is -6.26. The van der Waals surface area contributed by atoms with Gasteiger partial charge in [0.2, 0.25) is 0 Å². The lowest BCUT2D eigenvalue weighted by Crippen LogP contribution is -2.02. The summed E-state index contributed by atoms with van der Waals surface area (Å²) in [6, 6.07) is 53.3. The van der Waals surface area contributed by atoms with Crippen LogP contribution in [0.15, 0.2) is 156 Å². The molecule has 0 radical (unpaired) electrons. The number of hydrogen-bond donors (Lipinski definition) is 0. The molecule has 7 aromatic carbocycles. The maximum Gasteiger partial charge on any atom is 0.168 e. The Bertz CT molecular complexity index is 2810. The highest BCUT2D eigenvalue weighted by Crippen LogP contribution is 2.41. The molecular formula is C42H25N3O. The smallest absolute Gasteiger partial charge is 0.168 e. The Morgan fingerprint density at radius 3 is 2.00 bits per heavy atom. The lowest BCUT2D eigenvalue weighted by Gasteiger charge is -2.13. The molecule has 0 unspecified atom stereocenters. The van der Waals surface area contributed by atoms with Crippen LogP contribution in [0.25, 0.3) is 93.5 Å².